The number of aromatic amines is 1. The quantitative estimate of drug-likeness (QED) is 0.902. The molecule has 3 rings (SSSR count). The zero-order valence-electron chi connectivity index (χ0n) is 15.1. The van der Waals surface area contributed by atoms with Gasteiger partial charge in [-0.15, -0.1) is 0 Å². The van der Waals surface area contributed by atoms with E-state index in [9.17, 15) is 9.59 Å². The first-order chi connectivity index (χ1) is 11.7. The lowest BCUT2D eigenvalue weighted by Gasteiger charge is -2.23. The second-order valence-corrected chi connectivity index (χ2v) is 7.74. The van der Waals surface area contributed by atoms with Gasteiger partial charge in [0, 0.05) is 30.8 Å². The molecule has 132 valence electrons. The Bertz CT molecular complexity index is 804. The van der Waals surface area contributed by atoms with Crippen molar-refractivity contribution in [2.45, 2.75) is 46.6 Å². The van der Waals surface area contributed by atoms with Gasteiger partial charge in [-0.3, -0.25) is 19.6 Å². The van der Waals surface area contributed by atoms with Gasteiger partial charge in [0.1, 0.15) is 6.04 Å². The van der Waals surface area contributed by atoms with E-state index in [4.69, 9.17) is 0 Å². The van der Waals surface area contributed by atoms with E-state index in [1.54, 1.807) is 4.90 Å². The van der Waals surface area contributed by atoms with Crippen molar-refractivity contribution in [2.75, 3.05) is 10.2 Å². The number of hydrogen-bond acceptors (Lipinski definition) is 3. The van der Waals surface area contributed by atoms with Gasteiger partial charge in [0.2, 0.25) is 11.8 Å². The second-order valence-electron chi connectivity index (χ2n) is 7.74. The fourth-order valence-electron chi connectivity index (χ4n) is 3.28. The van der Waals surface area contributed by atoms with E-state index >= 15 is 0 Å². The van der Waals surface area contributed by atoms with E-state index in [1.807, 2.05) is 30.3 Å². The number of nitrogens with zero attached hydrogens (tertiary/aromatic N) is 2. The summed E-state index contributed by atoms with van der Waals surface area (Å²) in [5, 5.41) is 9.97. The molecule has 0 fully saturated rings. The summed E-state index contributed by atoms with van der Waals surface area (Å²) in [6, 6.07) is 8.93. The highest BCUT2D eigenvalue weighted by molar-refractivity contribution is 6.06. The smallest absolute Gasteiger partial charge is 0.249 e. The van der Waals surface area contributed by atoms with Crippen molar-refractivity contribution in [3.05, 3.63) is 41.6 Å². The molecular formula is C19H24N4O2. The third kappa shape index (κ3) is 3.73. The lowest BCUT2D eigenvalue weighted by Crippen LogP contribution is -2.44. The second kappa shape index (κ2) is 6.35. The summed E-state index contributed by atoms with van der Waals surface area (Å²) in [4.78, 5) is 26.4. The van der Waals surface area contributed by atoms with Crippen LogP contribution in [0.1, 0.15) is 39.0 Å². The van der Waals surface area contributed by atoms with Crippen LogP contribution in [0.25, 0.3) is 0 Å². The van der Waals surface area contributed by atoms with E-state index < -0.39 is 6.04 Å². The average molecular weight is 340 g/mol. The number of benzene rings is 1. The number of H-pyrrole nitrogens is 1. The maximum absolute atomic E-state index is 12.7. The van der Waals surface area contributed by atoms with E-state index in [-0.39, 0.29) is 17.2 Å². The van der Waals surface area contributed by atoms with Crippen molar-refractivity contribution >= 4 is 23.3 Å². The summed E-state index contributed by atoms with van der Waals surface area (Å²) in [5.41, 5.74) is 2.92. The summed E-state index contributed by atoms with van der Waals surface area (Å²) in [6.07, 6.45) is 1.35. The molecule has 0 saturated heterocycles. The minimum absolute atomic E-state index is 0.131. The number of aromatic nitrogens is 2. The van der Waals surface area contributed by atoms with Crippen molar-refractivity contribution in [1.82, 2.24) is 10.2 Å². The number of hydrogen-bond donors (Lipinski definition) is 2. The molecule has 1 atom stereocenters. The molecule has 25 heavy (non-hydrogen) atoms. The lowest BCUT2D eigenvalue weighted by atomic mass is 9.91. The summed E-state index contributed by atoms with van der Waals surface area (Å²) in [7, 11) is 0. The van der Waals surface area contributed by atoms with Gasteiger partial charge in [-0.25, -0.2) is 0 Å². The van der Waals surface area contributed by atoms with Crippen LogP contribution in [-0.4, -0.2) is 28.1 Å². The van der Waals surface area contributed by atoms with Gasteiger partial charge in [0.25, 0.3) is 0 Å². The highest BCUT2D eigenvalue weighted by Gasteiger charge is 2.36. The Labute approximate surface area is 147 Å². The van der Waals surface area contributed by atoms with Crippen LogP contribution in [0.2, 0.25) is 0 Å². The molecule has 0 radical (unpaired) electrons. The number of anilines is 2. The molecular weight excluding hydrogens is 316 g/mol. The summed E-state index contributed by atoms with van der Waals surface area (Å²) < 4.78 is 0. The molecule has 1 aliphatic heterocycles. The van der Waals surface area contributed by atoms with Crippen LogP contribution >= 0.6 is 0 Å². The number of fused-ring (bicyclic) bond motifs is 1. The highest BCUT2D eigenvalue weighted by atomic mass is 16.2. The summed E-state index contributed by atoms with van der Waals surface area (Å²) in [5.74, 6) is 0.129. The Balaban J connectivity index is 1.75. The zero-order valence-corrected chi connectivity index (χ0v) is 15.1. The normalized spacial score (nSPS) is 16.6. The molecule has 6 heteroatoms. The molecule has 1 aliphatic rings. The van der Waals surface area contributed by atoms with Gasteiger partial charge in [-0.1, -0.05) is 39.0 Å². The van der Waals surface area contributed by atoms with Crippen LogP contribution < -0.4 is 10.2 Å². The molecule has 2 aromatic rings. The number of amides is 2. The van der Waals surface area contributed by atoms with Gasteiger partial charge in [-0.2, -0.15) is 5.10 Å². The van der Waals surface area contributed by atoms with Crippen LogP contribution in [0.15, 0.2) is 30.3 Å². The first kappa shape index (κ1) is 17.2. The monoisotopic (exact) mass is 340 g/mol. The fraction of sp³-hybridized carbons (Fsp3) is 0.421. The van der Waals surface area contributed by atoms with Crippen LogP contribution in [0.4, 0.5) is 11.5 Å². The predicted molar refractivity (Wildman–Crippen MR) is 97.5 cm³/mol. The fourth-order valence-corrected chi connectivity index (χ4v) is 3.28. The molecule has 0 aliphatic carbocycles. The molecule has 2 N–H and O–H groups in total. The van der Waals surface area contributed by atoms with Gasteiger partial charge in [-0.05, 0) is 23.5 Å². The minimum Gasteiger partial charge on any atom is -0.307 e. The Hall–Kier alpha value is -2.63. The Morgan fingerprint density at radius 1 is 1.32 bits per heavy atom. The van der Waals surface area contributed by atoms with Crippen molar-refractivity contribution in [2.24, 2.45) is 5.41 Å². The molecule has 1 aromatic heterocycles. The molecule has 2 heterocycles. The van der Waals surface area contributed by atoms with E-state index in [1.165, 1.54) is 6.92 Å². The van der Waals surface area contributed by atoms with Crippen molar-refractivity contribution in [3.63, 3.8) is 0 Å². The van der Waals surface area contributed by atoms with Crippen LogP contribution in [0.5, 0.6) is 0 Å². The largest absolute Gasteiger partial charge is 0.307 e. The number of carbonyl (C=O) groups is 2. The first-order valence-electron chi connectivity index (χ1n) is 8.47. The number of carbonyl (C=O) groups excluding carboxylic acids is 2. The van der Waals surface area contributed by atoms with Crippen LogP contribution in [-0.2, 0) is 22.4 Å². The first-order valence-corrected chi connectivity index (χ1v) is 8.47. The highest BCUT2D eigenvalue weighted by Crippen LogP contribution is 2.32. The number of nitrogens with one attached hydrogen (secondary N) is 2. The SMILES string of the molecule is CC(=O)N1c2ccccc2C[C@H]1C(=O)Nc1cc(CC(C)(C)C)[nH]n1. The third-order valence-corrected chi connectivity index (χ3v) is 4.22. The van der Waals surface area contributed by atoms with Gasteiger partial charge < -0.3 is 5.32 Å². The number of rotatable bonds is 3. The Morgan fingerprint density at radius 3 is 2.72 bits per heavy atom. The number of para-hydroxylation sites is 1. The zero-order chi connectivity index (χ0) is 18.2. The van der Waals surface area contributed by atoms with Crippen molar-refractivity contribution in [3.8, 4) is 0 Å². The van der Waals surface area contributed by atoms with E-state index in [0.29, 0.717) is 12.2 Å². The average Bonchev–Trinajstić information content (AvgIpc) is 3.09. The van der Waals surface area contributed by atoms with E-state index in [0.717, 1.165) is 23.4 Å². The van der Waals surface area contributed by atoms with Gasteiger partial charge >= 0.3 is 0 Å². The standard InChI is InChI=1S/C19H24N4O2/c1-12(24)23-15-8-6-5-7-13(15)9-16(23)18(25)20-17-10-14(21-22-17)11-19(2,3)4/h5-8,10,16H,9,11H2,1-4H3,(H2,20,21,22,25)/t16-/m0/s1. The minimum atomic E-state index is -0.544. The van der Waals surface area contributed by atoms with Gasteiger partial charge in [0.15, 0.2) is 5.82 Å². The third-order valence-electron chi connectivity index (χ3n) is 4.22. The predicted octanol–water partition coefficient (Wildman–Crippen LogP) is 2.91. The van der Waals surface area contributed by atoms with Crippen LogP contribution in [0, 0.1) is 5.41 Å². The molecule has 1 aromatic carbocycles. The molecule has 0 spiro atoms. The molecule has 0 bridgehead atoms. The lowest BCUT2D eigenvalue weighted by molar-refractivity contribution is -0.122. The van der Waals surface area contributed by atoms with Gasteiger partial charge in [0.05, 0.1) is 0 Å². The Morgan fingerprint density at radius 2 is 2.04 bits per heavy atom. The summed E-state index contributed by atoms with van der Waals surface area (Å²) in [6.45, 7) is 7.92. The topological polar surface area (TPSA) is 78.1 Å². The molecule has 2 amide bonds. The van der Waals surface area contributed by atoms with Crippen molar-refractivity contribution in [1.29, 1.82) is 0 Å². The van der Waals surface area contributed by atoms with Crippen LogP contribution in [0.3, 0.4) is 0 Å². The maximum atomic E-state index is 12.7. The summed E-state index contributed by atoms with van der Waals surface area (Å²) >= 11 is 0. The Kier molecular flexibility index (Phi) is 4.37. The molecule has 0 unspecified atom stereocenters. The maximum Gasteiger partial charge on any atom is 0.249 e. The molecule has 6 nitrogen and oxygen atoms in total. The van der Waals surface area contributed by atoms with E-state index in [2.05, 4.69) is 36.3 Å². The molecule has 0 saturated carbocycles. The van der Waals surface area contributed by atoms with Crippen molar-refractivity contribution < 1.29 is 9.59 Å².